The molecular formula is C19H17ClN2O3. The van der Waals surface area contributed by atoms with Crippen molar-refractivity contribution in [3.05, 3.63) is 65.0 Å². The molecule has 0 spiro atoms. The molecule has 1 aliphatic rings. The Labute approximate surface area is 150 Å². The molecule has 25 heavy (non-hydrogen) atoms. The molecule has 0 aliphatic carbocycles. The van der Waals surface area contributed by atoms with E-state index >= 15 is 0 Å². The summed E-state index contributed by atoms with van der Waals surface area (Å²) in [5.41, 5.74) is 1.57. The lowest BCUT2D eigenvalue weighted by molar-refractivity contribution is -0.137. The van der Waals surface area contributed by atoms with Crippen molar-refractivity contribution in [1.82, 2.24) is 9.88 Å². The number of halogens is 1. The highest BCUT2D eigenvalue weighted by atomic mass is 35.5. The first-order valence-electron chi connectivity index (χ1n) is 7.89. The molecule has 0 atom stereocenters. The maximum absolute atomic E-state index is 12.7. The third kappa shape index (κ3) is 3.56. The summed E-state index contributed by atoms with van der Waals surface area (Å²) in [5, 5.41) is -0.0635. The highest BCUT2D eigenvalue weighted by Crippen LogP contribution is 2.33. The fourth-order valence-corrected chi connectivity index (χ4v) is 2.88. The molecule has 2 amide bonds. The van der Waals surface area contributed by atoms with Gasteiger partial charge in [0.2, 0.25) is 0 Å². The van der Waals surface area contributed by atoms with E-state index in [9.17, 15) is 9.59 Å². The number of carbonyl (C=O) groups excluding carboxylic acids is 2. The molecule has 0 unspecified atom stereocenters. The van der Waals surface area contributed by atoms with Crippen molar-refractivity contribution in [3.63, 3.8) is 0 Å². The Morgan fingerprint density at radius 2 is 1.84 bits per heavy atom. The molecule has 0 fully saturated rings. The predicted molar refractivity (Wildman–Crippen MR) is 94.8 cm³/mol. The quantitative estimate of drug-likeness (QED) is 0.770. The fraction of sp³-hybridized carbons (Fsp3) is 0.211. The average molecular weight is 357 g/mol. The van der Waals surface area contributed by atoms with Crippen LogP contribution in [0.15, 0.2) is 53.8 Å². The maximum atomic E-state index is 12.7. The van der Waals surface area contributed by atoms with Crippen LogP contribution in [0.3, 0.4) is 0 Å². The highest BCUT2D eigenvalue weighted by molar-refractivity contribution is 6.55. The number of aromatic nitrogens is 1. The molecule has 1 aromatic heterocycles. The lowest BCUT2D eigenvalue weighted by Crippen LogP contribution is -2.30. The summed E-state index contributed by atoms with van der Waals surface area (Å²) >= 11 is 6.16. The fourth-order valence-electron chi connectivity index (χ4n) is 2.59. The zero-order valence-electron chi connectivity index (χ0n) is 13.9. The molecule has 1 aliphatic heterocycles. The Balaban J connectivity index is 1.84. The monoisotopic (exact) mass is 356 g/mol. The molecule has 128 valence electrons. The van der Waals surface area contributed by atoms with E-state index in [2.05, 4.69) is 4.98 Å². The number of imide groups is 1. The standard InChI is InChI=1S/C19H17ClN2O3/c1-12(2)25-15-7-5-14(6-8-15)16-17(20)19(24)22(18(16)23)11-13-4-3-9-21-10-13/h3-10,12H,11H2,1-2H3. The van der Waals surface area contributed by atoms with Crippen molar-refractivity contribution < 1.29 is 14.3 Å². The van der Waals surface area contributed by atoms with Gasteiger partial charge in [-0.2, -0.15) is 0 Å². The van der Waals surface area contributed by atoms with Crippen molar-refractivity contribution in [1.29, 1.82) is 0 Å². The first kappa shape index (κ1) is 17.2. The summed E-state index contributed by atoms with van der Waals surface area (Å²) < 4.78 is 5.59. The van der Waals surface area contributed by atoms with Gasteiger partial charge in [0.05, 0.1) is 18.2 Å². The Bertz CT molecular complexity index is 830. The van der Waals surface area contributed by atoms with Crippen LogP contribution in [0.25, 0.3) is 5.57 Å². The van der Waals surface area contributed by atoms with Gasteiger partial charge in [0, 0.05) is 12.4 Å². The number of benzene rings is 1. The molecule has 0 saturated heterocycles. The highest BCUT2D eigenvalue weighted by Gasteiger charge is 2.38. The van der Waals surface area contributed by atoms with Gasteiger partial charge >= 0.3 is 0 Å². The number of pyridine rings is 1. The summed E-state index contributed by atoms with van der Waals surface area (Å²) in [7, 11) is 0. The molecule has 1 aromatic carbocycles. The smallest absolute Gasteiger partial charge is 0.273 e. The largest absolute Gasteiger partial charge is 0.491 e. The van der Waals surface area contributed by atoms with E-state index in [1.54, 1.807) is 48.8 Å². The van der Waals surface area contributed by atoms with Gasteiger partial charge in [0.15, 0.2) is 0 Å². The number of hydrogen-bond acceptors (Lipinski definition) is 4. The molecule has 0 bridgehead atoms. The molecule has 0 saturated carbocycles. The van der Waals surface area contributed by atoms with E-state index in [0.29, 0.717) is 11.3 Å². The van der Waals surface area contributed by atoms with E-state index in [4.69, 9.17) is 16.3 Å². The van der Waals surface area contributed by atoms with Gasteiger partial charge in [-0.15, -0.1) is 0 Å². The lowest BCUT2D eigenvalue weighted by atomic mass is 10.1. The molecule has 5 nitrogen and oxygen atoms in total. The normalized spacial score (nSPS) is 14.6. The van der Waals surface area contributed by atoms with Crippen molar-refractivity contribution >= 4 is 29.0 Å². The van der Waals surface area contributed by atoms with Crippen molar-refractivity contribution in [3.8, 4) is 5.75 Å². The van der Waals surface area contributed by atoms with Gasteiger partial charge in [-0.1, -0.05) is 29.8 Å². The summed E-state index contributed by atoms with van der Waals surface area (Å²) in [6.45, 7) is 4.01. The number of ether oxygens (including phenoxy) is 1. The third-order valence-corrected chi connectivity index (χ3v) is 4.04. The summed E-state index contributed by atoms with van der Waals surface area (Å²) in [6.07, 6.45) is 3.30. The van der Waals surface area contributed by atoms with E-state index in [1.165, 1.54) is 0 Å². The summed E-state index contributed by atoms with van der Waals surface area (Å²) in [6, 6.07) is 10.5. The first-order valence-corrected chi connectivity index (χ1v) is 8.27. The molecule has 2 aromatic rings. The number of carbonyl (C=O) groups is 2. The van der Waals surface area contributed by atoms with Crippen LogP contribution in [-0.4, -0.2) is 27.8 Å². The van der Waals surface area contributed by atoms with Crippen molar-refractivity contribution in [2.75, 3.05) is 0 Å². The van der Waals surface area contributed by atoms with Gasteiger partial charge in [0.25, 0.3) is 11.8 Å². The molecule has 6 heteroatoms. The number of rotatable bonds is 5. The molecule has 3 rings (SSSR count). The van der Waals surface area contributed by atoms with Gasteiger partial charge in [-0.25, -0.2) is 0 Å². The minimum absolute atomic E-state index is 0.0540. The second-order valence-electron chi connectivity index (χ2n) is 5.94. The number of hydrogen-bond donors (Lipinski definition) is 0. The van der Waals surface area contributed by atoms with Gasteiger partial charge in [-0.05, 0) is 43.2 Å². The van der Waals surface area contributed by atoms with Crippen LogP contribution in [0.4, 0.5) is 0 Å². The van der Waals surface area contributed by atoms with Crippen LogP contribution < -0.4 is 4.74 Å². The molecular weight excluding hydrogens is 340 g/mol. The van der Waals surface area contributed by atoms with Gasteiger partial charge < -0.3 is 4.74 Å². The Morgan fingerprint density at radius 3 is 2.44 bits per heavy atom. The van der Waals surface area contributed by atoms with Crippen LogP contribution in [-0.2, 0) is 16.1 Å². The average Bonchev–Trinajstić information content (AvgIpc) is 2.80. The van der Waals surface area contributed by atoms with Gasteiger partial charge in [0.1, 0.15) is 10.8 Å². The van der Waals surface area contributed by atoms with Crippen molar-refractivity contribution in [2.24, 2.45) is 0 Å². The lowest BCUT2D eigenvalue weighted by Gasteiger charge is -2.14. The summed E-state index contributed by atoms with van der Waals surface area (Å²) in [5.74, 6) is -0.205. The van der Waals surface area contributed by atoms with Crippen LogP contribution in [0.2, 0.25) is 0 Å². The van der Waals surface area contributed by atoms with Crippen LogP contribution in [0, 0.1) is 0 Å². The minimum atomic E-state index is -0.493. The third-order valence-electron chi connectivity index (χ3n) is 3.69. The van der Waals surface area contributed by atoms with E-state index in [-0.39, 0.29) is 23.3 Å². The first-order chi connectivity index (χ1) is 12.0. The Kier molecular flexibility index (Phi) is 4.86. The van der Waals surface area contributed by atoms with E-state index < -0.39 is 11.8 Å². The van der Waals surface area contributed by atoms with Crippen LogP contribution in [0.5, 0.6) is 5.75 Å². The molecule has 0 radical (unpaired) electrons. The second kappa shape index (κ2) is 7.07. The topological polar surface area (TPSA) is 59.5 Å². The zero-order chi connectivity index (χ0) is 18.0. The number of nitrogens with zero attached hydrogens (tertiary/aromatic N) is 2. The van der Waals surface area contributed by atoms with Gasteiger partial charge in [-0.3, -0.25) is 19.5 Å². The Morgan fingerprint density at radius 1 is 1.12 bits per heavy atom. The Hall–Kier alpha value is -2.66. The van der Waals surface area contributed by atoms with E-state index in [1.807, 2.05) is 13.8 Å². The SMILES string of the molecule is CC(C)Oc1ccc(C2=C(Cl)C(=O)N(Cc3cccnc3)C2=O)cc1. The molecule has 0 N–H and O–H groups in total. The second-order valence-corrected chi connectivity index (χ2v) is 6.32. The van der Waals surface area contributed by atoms with Crippen LogP contribution in [0.1, 0.15) is 25.0 Å². The van der Waals surface area contributed by atoms with Crippen molar-refractivity contribution in [2.45, 2.75) is 26.5 Å². The van der Waals surface area contributed by atoms with Crippen LogP contribution >= 0.6 is 11.6 Å². The minimum Gasteiger partial charge on any atom is -0.491 e. The predicted octanol–water partition coefficient (Wildman–Crippen LogP) is 3.39. The maximum Gasteiger partial charge on any atom is 0.273 e. The molecule has 2 heterocycles. The summed E-state index contributed by atoms with van der Waals surface area (Å²) in [4.78, 5) is 30.2. The number of amides is 2. The zero-order valence-corrected chi connectivity index (χ0v) is 14.7. The van der Waals surface area contributed by atoms with E-state index in [0.717, 1.165) is 10.5 Å².